The number of fused-ring (bicyclic) bond motifs is 1. The van der Waals surface area contributed by atoms with E-state index in [0.717, 1.165) is 21.1 Å². The number of aryl methyl sites for hydroxylation is 2. The number of aromatic nitrogens is 2. The SMILES string of the molecule is Cc1c(C)n(SF)c2c(=O)n(C)cc(Br)c12. The van der Waals surface area contributed by atoms with Gasteiger partial charge in [-0.3, -0.25) is 8.77 Å². The van der Waals surface area contributed by atoms with Gasteiger partial charge >= 0.3 is 0 Å². The van der Waals surface area contributed by atoms with E-state index in [4.69, 9.17) is 0 Å². The Morgan fingerprint density at radius 1 is 1.44 bits per heavy atom. The lowest BCUT2D eigenvalue weighted by atomic mass is 10.2. The second kappa shape index (κ2) is 3.92. The van der Waals surface area contributed by atoms with Crippen molar-refractivity contribution in [3.05, 3.63) is 32.3 Å². The summed E-state index contributed by atoms with van der Waals surface area (Å²) in [5, 5.41) is 0.783. The van der Waals surface area contributed by atoms with E-state index in [-0.39, 0.29) is 17.9 Å². The average molecular weight is 305 g/mol. The van der Waals surface area contributed by atoms with Crippen LogP contribution in [0.25, 0.3) is 10.9 Å². The Morgan fingerprint density at radius 2 is 2.06 bits per heavy atom. The molecular weight excluding hydrogens is 295 g/mol. The average Bonchev–Trinajstić information content (AvgIpc) is 2.49. The minimum Gasteiger partial charge on any atom is -0.316 e. The van der Waals surface area contributed by atoms with Gasteiger partial charge in [0.1, 0.15) is 5.52 Å². The van der Waals surface area contributed by atoms with Crippen molar-refractivity contribution in [3.63, 3.8) is 0 Å². The summed E-state index contributed by atoms with van der Waals surface area (Å²) in [6.45, 7) is 3.68. The Morgan fingerprint density at radius 3 is 2.62 bits per heavy atom. The van der Waals surface area contributed by atoms with E-state index in [1.165, 1.54) is 8.54 Å². The van der Waals surface area contributed by atoms with Gasteiger partial charge in [0.15, 0.2) is 12.3 Å². The summed E-state index contributed by atoms with van der Waals surface area (Å²) in [4.78, 5) is 12.0. The highest BCUT2D eigenvalue weighted by molar-refractivity contribution is 9.10. The second-order valence-electron chi connectivity index (χ2n) is 3.69. The van der Waals surface area contributed by atoms with Crippen LogP contribution in [-0.4, -0.2) is 8.54 Å². The summed E-state index contributed by atoms with van der Waals surface area (Å²) in [7, 11) is 1.65. The van der Waals surface area contributed by atoms with E-state index in [0.29, 0.717) is 5.52 Å². The fourth-order valence-corrected chi connectivity index (χ4v) is 3.08. The van der Waals surface area contributed by atoms with Crippen molar-refractivity contribution in [1.82, 2.24) is 8.54 Å². The normalized spacial score (nSPS) is 11.3. The fraction of sp³-hybridized carbons (Fsp3) is 0.300. The van der Waals surface area contributed by atoms with Crippen LogP contribution in [0.3, 0.4) is 0 Å². The maximum atomic E-state index is 12.9. The van der Waals surface area contributed by atoms with Gasteiger partial charge in [0, 0.05) is 28.8 Å². The molecule has 2 aromatic rings. The van der Waals surface area contributed by atoms with Gasteiger partial charge in [-0.25, -0.2) is 0 Å². The van der Waals surface area contributed by atoms with Crippen LogP contribution in [0.2, 0.25) is 0 Å². The van der Waals surface area contributed by atoms with Crippen molar-refractivity contribution >= 4 is 39.2 Å². The minimum atomic E-state index is -0.195. The van der Waals surface area contributed by atoms with Crippen LogP contribution in [0.4, 0.5) is 3.89 Å². The number of halogens is 2. The highest BCUT2D eigenvalue weighted by Gasteiger charge is 2.18. The Bertz CT molecular complexity index is 632. The summed E-state index contributed by atoms with van der Waals surface area (Å²) in [6.07, 6.45) is 1.70. The molecular formula is C10H10BrFN2OS. The third-order valence-corrected chi connectivity index (χ3v) is 4.00. The van der Waals surface area contributed by atoms with Gasteiger partial charge in [-0.15, -0.1) is 3.89 Å². The number of hydrogen-bond acceptors (Lipinski definition) is 2. The molecule has 0 bridgehead atoms. The van der Waals surface area contributed by atoms with Crippen molar-refractivity contribution < 1.29 is 3.89 Å². The van der Waals surface area contributed by atoms with Crippen LogP contribution in [0.1, 0.15) is 11.3 Å². The fourth-order valence-electron chi connectivity index (χ4n) is 1.81. The summed E-state index contributed by atoms with van der Waals surface area (Å²) in [5.41, 5.74) is 1.87. The van der Waals surface area contributed by atoms with E-state index in [1.807, 2.05) is 6.92 Å². The van der Waals surface area contributed by atoms with Crippen molar-refractivity contribution in [2.45, 2.75) is 13.8 Å². The van der Waals surface area contributed by atoms with Gasteiger partial charge in [0.05, 0.1) is 0 Å². The third-order valence-electron chi connectivity index (χ3n) is 2.80. The number of pyridine rings is 1. The molecule has 0 unspecified atom stereocenters. The molecule has 2 rings (SSSR count). The molecule has 0 N–H and O–H groups in total. The first-order chi connectivity index (χ1) is 7.49. The molecule has 0 fully saturated rings. The second-order valence-corrected chi connectivity index (χ2v) is 5.05. The maximum absolute atomic E-state index is 12.9. The Labute approximate surface area is 105 Å². The zero-order valence-corrected chi connectivity index (χ0v) is 11.4. The van der Waals surface area contributed by atoms with Crippen molar-refractivity contribution in [3.8, 4) is 0 Å². The number of nitrogens with zero attached hydrogens (tertiary/aromatic N) is 2. The third kappa shape index (κ3) is 1.43. The van der Waals surface area contributed by atoms with Crippen LogP contribution in [0.15, 0.2) is 15.5 Å². The Balaban J connectivity index is 3.13. The molecule has 86 valence electrons. The van der Waals surface area contributed by atoms with Crippen molar-refractivity contribution in [2.24, 2.45) is 7.05 Å². The summed E-state index contributed by atoms with van der Waals surface area (Å²) < 4.78 is 16.5. The zero-order chi connectivity index (χ0) is 12.0. The molecule has 3 nitrogen and oxygen atoms in total. The largest absolute Gasteiger partial charge is 0.316 e. The first-order valence-electron chi connectivity index (χ1n) is 4.64. The summed E-state index contributed by atoms with van der Waals surface area (Å²) in [6, 6.07) is 0. The summed E-state index contributed by atoms with van der Waals surface area (Å²) in [5.74, 6) is 0. The molecule has 0 atom stereocenters. The topological polar surface area (TPSA) is 26.9 Å². The van der Waals surface area contributed by atoms with E-state index >= 15 is 0 Å². The molecule has 0 aromatic carbocycles. The lowest BCUT2D eigenvalue weighted by molar-refractivity contribution is 0.860. The maximum Gasteiger partial charge on any atom is 0.275 e. The quantitative estimate of drug-likeness (QED) is 0.809. The highest BCUT2D eigenvalue weighted by Crippen LogP contribution is 2.32. The van der Waals surface area contributed by atoms with E-state index < -0.39 is 0 Å². The zero-order valence-electron chi connectivity index (χ0n) is 9.04. The van der Waals surface area contributed by atoms with Gasteiger partial charge in [-0.1, -0.05) is 0 Å². The van der Waals surface area contributed by atoms with Crippen molar-refractivity contribution in [2.75, 3.05) is 0 Å². The van der Waals surface area contributed by atoms with Crippen LogP contribution in [-0.2, 0) is 7.05 Å². The molecule has 0 amide bonds. The van der Waals surface area contributed by atoms with E-state index in [1.54, 1.807) is 20.2 Å². The lowest BCUT2D eigenvalue weighted by Crippen LogP contribution is -2.17. The predicted molar refractivity (Wildman–Crippen MR) is 68.5 cm³/mol. The molecule has 0 aliphatic heterocycles. The monoisotopic (exact) mass is 304 g/mol. The van der Waals surface area contributed by atoms with Gasteiger partial charge in [-0.05, 0) is 35.3 Å². The Kier molecular flexibility index (Phi) is 2.88. The first kappa shape index (κ1) is 11.7. The first-order valence-corrected chi connectivity index (χ1v) is 6.11. The molecule has 0 saturated heterocycles. The molecule has 0 radical (unpaired) electrons. The molecule has 6 heteroatoms. The van der Waals surface area contributed by atoms with Crippen molar-refractivity contribution in [1.29, 1.82) is 0 Å². The van der Waals surface area contributed by atoms with Crippen LogP contribution in [0, 0.1) is 13.8 Å². The lowest BCUT2D eigenvalue weighted by Gasteiger charge is -2.02. The minimum absolute atomic E-state index is 0.0598. The van der Waals surface area contributed by atoms with Gasteiger partial charge in [0.2, 0.25) is 0 Å². The highest BCUT2D eigenvalue weighted by atomic mass is 79.9. The van der Waals surface area contributed by atoms with Crippen LogP contribution >= 0.6 is 28.3 Å². The smallest absolute Gasteiger partial charge is 0.275 e. The predicted octanol–water partition coefficient (Wildman–Crippen LogP) is 3.10. The van der Waals surface area contributed by atoms with Gasteiger partial charge < -0.3 is 4.57 Å². The molecule has 0 spiro atoms. The molecule has 2 heterocycles. The van der Waals surface area contributed by atoms with Gasteiger partial charge in [-0.2, -0.15) is 0 Å². The van der Waals surface area contributed by atoms with E-state index in [9.17, 15) is 8.68 Å². The van der Waals surface area contributed by atoms with E-state index in [2.05, 4.69) is 15.9 Å². The molecule has 0 aliphatic rings. The van der Waals surface area contributed by atoms with Gasteiger partial charge in [0.25, 0.3) is 5.56 Å². The number of hydrogen-bond donors (Lipinski definition) is 0. The standard InChI is InChI=1S/C10H10BrFN2OS/c1-5-6(2)14(16-12)9-8(5)7(11)4-13(3)10(9)15/h4H,1-3H3. The molecule has 0 saturated carbocycles. The molecule has 16 heavy (non-hydrogen) atoms. The number of rotatable bonds is 1. The van der Waals surface area contributed by atoms with Crippen LogP contribution < -0.4 is 5.56 Å². The Hall–Kier alpha value is -0.750. The summed E-state index contributed by atoms with van der Waals surface area (Å²) >= 11 is 3.46. The molecule has 2 aromatic heterocycles. The van der Waals surface area contributed by atoms with Crippen LogP contribution in [0.5, 0.6) is 0 Å². The molecule has 0 aliphatic carbocycles.